The van der Waals surface area contributed by atoms with E-state index in [1.807, 2.05) is 49.3 Å². The van der Waals surface area contributed by atoms with Gasteiger partial charge in [0.15, 0.2) is 0 Å². The highest BCUT2D eigenvalue weighted by atomic mass is 127. The first-order valence-corrected chi connectivity index (χ1v) is 10.9. The lowest BCUT2D eigenvalue weighted by molar-refractivity contribution is -0.121. The standard InChI is InChI=1S/C24H23IN4O/c1-28(2)19-10-7-17(8-11-19)16-26-27-24(30)13-14-29-22-6-4-3-5-20(22)21-15-18(25)9-12-23(21)29/h3-12,15-16H,13-14H2,1-2H3,(H,27,30)/b26-16+. The lowest BCUT2D eigenvalue weighted by atomic mass is 10.2. The summed E-state index contributed by atoms with van der Waals surface area (Å²) in [6.45, 7) is 0.601. The Morgan fingerprint density at radius 3 is 2.53 bits per heavy atom. The number of nitrogens with one attached hydrogen (secondary N) is 1. The number of benzene rings is 3. The van der Waals surface area contributed by atoms with Crippen molar-refractivity contribution in [2.45, 2.75) is 13.0 Å². The molecule has 4 aromatic rings. The molecule has 6 heteroatoms. The predicted molar refractivity (Wildman–Crippen MR) is 133 cm³/mol. The fraction of sp³-hybridized carbons (Fsp3) is 0.167. The van der Waals surface area contributed by atoms with Gasteiger partial charge in [-0.2, -0.15) is 5.10 Å². The summed E-state index contributed by atoms with van der Waals surface area (Å²) in [5.41, 5.74) is 7.00. The van der Waals surface area contributed by atoms with Gasteiger partial charge in [0.1, 0.15) is 0 Å². The molecule has 5 nitrogen and oxygen atoms in total. The number of halogens is 1. The largest absolute Gasteiger partial charge is 0.378 e. The lowest BCUT2D eigenvalue weighted by Gasteiger charge is -2.11. The van der Waals surface area contributed by atoms with Crippen molar-refractivity contribution in [1.82, 2.24) is 9.99 Å². The molecule has 0 aliphatic rings. The molecule has 0 radical (unpaired) electrons. The number of aryl methyl sites for hydroxylation is 1. The van der Waals surface area contributed by atoms with E-state index in [-0.39, 0.29) is 5.91 Å². The van der Waals surface area contributed by atoms with Gasteiger partial charge >= 0.3 is 0 Å². The molecule has 3 aromatic carbocycles. The molecule has 0 aliphatic heterocycles. The molecule has 1 heterocycles. The number of para-hydroxylation sites is 1. The number of hydrogen-bond donors (Lipinski definition) is 1. The molecule has 1 aromatic heterocycles. The molecule has 30 heavy (non-hydrogen) atoms. The second-order valence-corrected chi connectivity index (χ2v) is 8.61. The number of aromatic nitrogens is 1. The minimum Gasteiger partial charge on any atom is -0.378 e. The Labute approximate surface area is 189 Å². The molecule has 152 valence electrons. The van der Waals surface area contributed by atoms with Crippen LogP contribution in [0.15, 0.2) is 71.8 Å². The Kier molecular flexibility index (Phi) is 6.03. The molecule has 0 aliphatic carbocycles. The van der Waals surface area contributed by atoms with Crippen molar-refractivity contribution in [3.05, 3.63) is 75.9 Å². The smallest absolute Gasteiger partial charge is 0.241 e. The fourth-order valence-corrected chi connectivity index (χ4v) is 4.06. The molecular weight excluding hydrogens is 487 g/mol. The van der Waals surface area contributed by atoms with E-state index in [9.17, 15) is 4.79 Å². The topological polar surface area (TPSA) is 49.6 Å². The van der Waals surface area contributed by atoms with E-state index in [0.717, 1.165) is 22.3 Å². The quantitative estimate of drug-likeness (QED) is 0.226. The molecule has 0 fully saturated rings. The number of anilines is 1. The second kappa shape index (κ2) is 8.87. The molecule has 0 spiro atoms. The summed E-state index contributed by atoms with van der Waals surface area (Å²) in [6, 6.07) is 22.8. The maximum atomic E-state index is 12.4. The lowest BCUT2D eigenvalue weighted by Crippen LogP contribution is -2.19. The van der Waals surface area contributed by atoms with Gasteiger partial charge < -0.3 is 9.47 Å². The van der Waals surface area contributed by atoms with Gasteiger partial charge in [-0.05, 0) is 64.6 Å². The molecule has 0 atom stereocenters. The number of carbonyl (C=O) groups excluding carboxylic acids is 1. The zero-order valence-corrected chi connectivity index (χ0v) is 19.1. The predicted octanol–water partition coefficient (Wildman–Crippen LogP) is 5.01. The molecular formula is C24H23IN4O. The van der Waals surface area contributed by atoms with Gasteiger partial charge in [0, 0.05) is 58.1 Å². The summed E-state index contributed by atoms with van der Waals surface area (Å²) in [4.78, 5) is 14.4. The SMILES string of the molecule is CN(C)c1ccc(/C=N/NC(=O)CCn2c3ccccc3c3cc(I)ccc32)cc1. The molecule has 1 N–H and O–H groups in total. The molecule has 0 unspecified atom stereocenters. The van der Waals surface area contributed by atoms with E-state index in [1.54, 1.807) is 6.21 Å². The van der Waals surface area contributed by atoms with Crippen LogP contribution in [0, 0.1) is 3.57 Å². The number of rotatable bonds is 6. The summed E-state index contributed by atoms with van der Waals surface area (Å²) in [7, 11) is 4.00. The number of fused-ring (bicyclic) bond motifs is 3. The third kappa shape index (κ3) is 4.33. The zero-order chi connectivity index (χ0) is 21.1. The van der Waals surface area contributed by atoms with Crippen molar-refractivity contribution in [3.8, 4) is 0 Å². The van der Waals surface area contributed by atoms with E-state index in [0.29, 0.717) is 13.0 Å². The first-order valence-electron chi connectivity index (χ1n) is 9.79. The van der Waals surface area contributed by atoms with Gasteiger partial charge in [-0.25, -0.2) is 5.43 Å². The van der Waals surface area contributed by atoms with Crippen LogP contribution in [-0.2, 0) is 11.3 Å². The van der Waals surface area contributed by atoms with Gasteiger partial charge in [-0.3, -0.25) is 4.79 Å². The van der Waals surface area contributed by atoms with Crippen molar-refractivity contribution < 1.29 is 4.79 Å². The van der Waals surface area contributed by atoms with Crippen LogP contribution < -0.4 is 10.3 Å². The van der Waals surface area contributed by atoms with Gasteiger partial charge in [-0.15, -0.1) is 0 Å². The van der Waals surface area contributed by atoms with E-state index < -0.39 is 0 Å². The maximum absolute atomic E-state index is 12.4. The maximum Gasteiger partial charge on any atom is 0.241 e. The number of hydrazone groups is 1. The Morgan fingerprint density at radius 2 is 1.77 bits per heavy atom. The monoisotopic (exact) mass is 510 g/mol. The minimum absolute atomic E-state index is 0.104. The molecule has 0 saturated carbocycles. The van der Waals surface area contributed by atoms with Crippen LogP contribution in [0.5, 0.6) is 0 Å². The van der Waals surface area contributed by atoms with Gasteiger partial charge in [0.2, 0.25) is 5.91 Å². The van der Waals surface area contributed by atoms with E-state index >= 15 is 0 Å². The second-order valence-electron chi connectivity index (χ2n) is 7.36. The highest BCUT2D eigenvalue weighted by Gasteiger charge is 2.11. The first kappa shape index (κ1) is 20.4. The average Bonchev–Trinajstić information content (AvgIpc) is 3.05. The summed E-state index contributed by atoms with van der Waals surface area (Å²) in [5, 5.41) is 6.54. The highest BCUT2D eigenvalue weighted by Crippen LogP contribution is 2.30. The molecule has 4 rings (SSSR count). The number of carbonyl (C=O) groups is 1. The van der Waals surface area contributed by atoms with Crippen molar-refractivity contribution in [2.75, 3.05) is 19.0 Å². The van der Waals surface area contributed by atoms with Crippen LogP contribution in [0.25, 0.3) is 21.8 Å². The van der Waals surface area contributed by atoms with E-state index in [4.69, 9.17) is 0 Å². The summed E-state index contributed by atoms with van der Waals surface area (Å²) >= 11 is 2.33. The van der Waals surface area contributed by atoms with Crippen LogP contribution >= 0.6 is 22.6 Å². The third-order valence-electron chi connectivity index (χ3n) is 5.11. The zero-order valence-electron chi connectivity index (χ0n) is 17.0. The van der Waals surface area contributed by atoms with Crippen LogP contribution in [0.4, 0.5) is 5.69 Å². The van der Waals surface area contributed by atoms with Crippen molar-refractivity contribution >= 4 is 62.2 Å². The van der Waals surface area contributed by atoms with E-state index in [2.05, 4.69) is 74.1 Å². The molecule has 0 saturated heterocycles. The van der Waals surface area contributed by atoms with Crippen molar-refractivity contribution in [1.29, 1.82) is 0 Å². The summed E-state index contributed by atoms with van der Waals surface area (Å²) in [5.74, 6) is -0.104. The number of nitrogens with zero attached hydrogens (tertiary/aromatic N) is 3. The van der Waals surface area contributed by atoms with Crippen molar-refractivity contribution in [2.24, 2.45) is 5.10 Å². The fourth-order valence-electron chi connectivity index (χ4n) is 3.57. The Morgan fingerprint density at radius 1 is 1.03 bits per heavy atom. The van der Waals surface area contributed by atoms with Crippen molar-refractivity contribution in [3.63, 3.8) is 0 Å². The van der Waals surface area contributed by atoms with Gasteiger partial charge in [0.25, 0.3) is 0 Å². The Bertz CT molecular complexity index is 1230. The van der Waals surface area contributed by atoms with Gasteiger partial charge in [0.05, 0.1) is 6.21 Å². The molecule has 1 amide bonds. The first-order chi connectivity index (χ1) is 14.5. The normalized spacial score (nSPS) is 11.4. The van der Waals surface area contributed by atoms with E-state index in [1.165, 1.54) is 14.3 Å². The van der Waals surface area contributed by atoms with Crippen LogP contribution in [0.2, 0.25) is 0 Å². The number of hydrogen-bond acceptors (Lipinski definition) is 3. The minimum atomic E-state index is -0.104. The average molecular weight is 510 g/mol. The number of amides is 1. The summed E-state index contributed by atoms with van der Waals surface area (Å²) in [6.07, 6.45) is 2.02. The highest BCUT2D eigenvalue weighted by molar-refractivity contribution is 14.1. The summed E-state index contributed by atoms with van der Waals surface area (Å²) < 4.78 is 3.41. The van der Waals surface area contributed by atoms with Gasteiger partial charge in [-0.1, -0.05) is 30.3 Å². The Balaban J connectivity index is 1.44. The van der Waals surface area contributed by atoms with Crippen LogP contribution in [0.3, 0.4) is 0 Å². The Hall–Kier alpha value is -2.87. The molecule has 0 bridgehead atoms. The third-order valence-corrected chi connectivity index (χ3v) is 5.78. The van der Waals surface area contributed by atoms with Crippen LogP contribution in [0.1, 0.15) is 12.0 Å². The van der Waals surface area contributed by atoms with Crippen LogP contribution in [-0.4, -0.2) is 30.8 Å².